The fraction of sp³-hybridized carbons (Fsp3) is 0.789. The minimum Gasteiger partial charge on any atom is -0.396 e. The van der Waals surface area contributed by atoms with Crippen LogP contribution in [0, 0.1) is 17.8 Å². The quantitative estimate of drug-likeness (QED) is 0.285. The molecule has 1 rings (SSSR count). The van der Waals surface area contributed by atoms with Gasteiger partial charge in [0.25, 0.3) is 0 Å². The Balaban J connectivity index is 2.88. The van der Waals surface area contributed by atoms with E-state index in [9.17, 15) is 30.0 Å². The molecule has 7 heteroatoms. The van der Waals surface area contributed by atoms with Crippen molar-refractivity contribution in [2.45, 2.75) is 64.4 Å². The second kappa shape index (κ2) is 9.71. The number of ketones is 2. The lowest BCUT2D eigenvalue weighted by molar-refractivity contribution is -0.140. The number of Topliss-reactive ketones (excluding diaryl/α,β-unsaturated/α-hetero) is 2. The summed E-state index contributed by atoms with van der Waals surface area (Å²) in [5.74, 6) is -3.34. The van der Waals surface area contributed by atoms with Crippen molar-refractivity contribution in [3.8, 4) is 0 Å². The van der Waals surface area contributed by atoms with E-state index in [0.717, 1.165) is 0 Å². The average molecular weight is 372 g/mol. The molecule has 1 aliphatic heterocycles. The molecule has 150 valence electrons. The summed E-state index contributed by atoms with van der Waals surface area (Å²) in [6.07, 6.45) is 0.816. The van der Waals surface area contributed by atoms with Gasteiger partial charge in [0.15, 0.2) is 0 Å². The molecule has 0 aromatic rings. The number of aliphatic hydroxyl groups excluding tert-OH is 4. The molecular weight excluding hydrogens is 340 g/mol. The third-order valence-electron chi connectivity index (χ3n) is 5.25. The Kier molecular flexibility index (Phi) is 8.56. The molecule has 1 heterocycles. The smallest absolute Gasteiger partial charge is 0.148 e. The van der Waals surface area contributed by atoms with Crippen LogP contribution in [0.15, 0.2) is 12.2 Å². The molecule has 4 N–H and O–H groups in total. The van der Waals surface area contributed by atoms with Gasteiger partial charge in [-0.3, -0.25) is 9.59 Å². The maximum absolute atomic E-state index is 12.7. The SMILES string of the molecule is C/C=C\[C@@H](C)[C@H]1O[C@]1(C)[C@@H](O)[C@@H](CO)C(=O)C(CO)C(O)CC(=O)CC. The van der Waals surface area contributed by atoms with Gasteiger partial charge in [-0.2, -0.15) is 0 Å². The highest BCUT2D eigenvalue weighted by Crippen LogP contribution is 2.46. The minimum atomic E-state index is -1.35. The number of ether oxygens (including phenoxy) is 1. The molecule has 1 fully saturated rings. The van der Waals surface area contributed by atoms with E-state index in [1.165, 1.54) is 0 Å². The van der Waals surface area contributed by atoms with Crippen molar-refractivity contribution in [3.63, 3.8) is 0 Å². The van der Waals surface area contributed by atoms with Crippen LogP contribution in [0.3, 0.4) is 0 Å². The normalized spacial score (nSPS) is 28.4. The van der Waals surface area contributed by atoms with E-state index in [-0.39, 0.29) is 30.6 Å². The van der Waals surface area contributed by atoms with Gasteiger partial charge in [-0.1, -0.05) is 26.0 Å². The first-order valence-corrected chi connectivity index (χ1v) is 9.11. The van der Waals surface area contributed by atoms with Gasteiger partial charge >= 0.3 is 0 Å². The molecule has 26 heavy (non-hydrogen) atoms. The standard InChI is InChI=1S/C19H32O7/c1-5-7-11(3)18-19(4,26-18)17(25)14(10-21)16(24)13(9-20)15(23)8-12(22)6-2/h5,7,11,13-15,17-18,20-21,23,25H,6,8-10H2,1-4H3/b7-5-/t11-,13?,14+,15?,17+,18-,19-/m1/s1. The molecule has 0 aromatic heterocycles. The van der Waals surface area contributed by atoms with Gasteiger partial charge in [0, 0.05) is 18.8 Å². The molecule has 0 saturated carbocycles. The number of carbonyl (C=O) groups is 2. The number of hydrogen-bond donors (Lipinski definition) is 4. The Bertz CT molecular complexity index is 518. The molecule has 2 unspecified atom stereocenters. The van der Waals surface area contributed by atoms with Crippen molar-refractivity contribution in [1.82, 2.24) is 0 Å². The zero-order valence-corrected chi connectivity index (χ0v) is 16.0. The third-order valence-corrected chi connectivity index (χ3v) is 5.25. The van der Waals surface area contributed by atoms with Crippen molar-refractivity contribution in [3.05, 3.63) is 12.2 Å². The van der Waals surface area contributed by atoms with Crippen molar-refractivity contribution >= 4 is 11.6 Å². The van der Waals surface area contributed by atoms with E-state index in [1.54, 1.807) is 13.8 Å². The van der Waals surface area contributed by atoms with Gasteiger partial charge in [0.1, 0.15) is 17.2 Å². The topological polar surface area (TPSA) is 128 Å². The highest BCUT2D eigenvalue weighted by Gasteiger charge is 2.61. The Hall–Kier alpha value is -1.12. The fourth-order valence-electron chi connectivity index (χ4n) is 3.45. The van der Waals surface area contributed by atoms with Crippen LogP contribution in [0.2, 0.25) is 0 Å². The van der Waals surface area contributed by atoms with Crippen molar-refractivity contribution < 1.29 is 34.8 Å². The monoisotopic (exact) mass is 372 g/mol. The molecule has 0 radical (unpaired) electrons. The van der Waals surface area contributed by atoms with E-state index < -0.39 is 48.6 Å². The van der Waals surface area contributed by atoms with Gasteiger partial charge in [-0.15, -0.1) is 0 Å². The van der Waals surface area contributed by atoms with Gasteiger partial charge in [-0.25, -0.2) is 0 Å². The van der Waals surface area contributed by atoms with Crippen molar-refractivity contribution in [1.29, 1.82) is 0 Å². The number of carbonyl (C=O) groups excluding carboxylic acids is 2. The van der Waals surface area contributed by atoms with Crippen LogP contribution in [0.5, 0.6) is 0 Å². The van der Waals surface area contributed by atoms with E-state index >= 15 is 0 Å². The molecule has 1 aliphatic rings. The molecule has 7 atom stereocenters. The van der Waals surface area contributed by atoms with Gasteiger partial charge in [-0.05, 0) is 13.8 Å². The van der Waals surface area contributed by atoms with E-state index in [0.29, 0.717) is 0 Å². The number of hydrogen-bond acceptors (Lipinski definition) is 7. The van der Waals surface area contributed by atoms with Crippen LogP contribution in [0.25, 0.3) is 0 Å². The highest BCUT2D eigenvalue weighted by atomic mass is 16.6. The van der Waals surface area contributed by atoms with Crippen LogP contribution in [0.1, 0.15) is 40.5 Å². The average Bonchev–Trinajstić information content (AvgIpc) is 3.29. The third kappa shape index (κ3) is 4.98. The Morgan fingerprint density at radius 1 is 1.19 bits per heavy atom. The lowest BCUT2D eigenvalue weighted by Gasteiger charge is -2.28. The van der Waals surface area contributed by atoms with Gasteiger partial charge < -0.3 is 25.2 Å². The van der Waals surface area contributed by atoms with E-state index in [2.05, 4.69) is 0 Å². The number of allylic oxidation sites excluding steroid dienone is 1. The summed E-state index contributed by atoms with van der Waals surface area (Å²) in [7, 11) is 0. The lowest BCUT2D eigenvalue weighted by atomic mass is 9.79. The molecule has 0 aromatic carbocycles. The molecule has 1 saturated heterocycles. The number of epoxide rings is 1. The van der Waals surface area contributed by atoms with Gasteiger partial charge in [0.05, 0.1) is 43.4 Å². The van der Waals surface area contributed by atoms with Crippen LogP contribution in [-0.2, 0) is 14.3 Å². The summed E-state index contributed by atoms with van der Waals surface area (Å²) in [6, 6.07) is 0. The second-order valence-electron chi connectivity index (χ2n) is 7.20. The summed E-state index contributed by atoms with van der Waals surface area (Å²) in [6.45, 7) is 5.79. The predicted molar refractivity (Wildman–Crippen MR) is 95.3 cm³/mol. The first-order chi connectivity index (χ1) is 12.2. The molecule has 0 spiro atoms. The molecular formula is C19H32O7. The summed E-state index contributed by atoms with van der Waals surface area (Å²) in [4.78, 5) is 24.2. The maximum atomic E-state index is 12.7. The first-order valence-electron chi connectivity index (χ1n) is 9.11. The molecule has 7 nitrogen and oxygen atoms in total. The van der Waals surface area contributed by atoms with Crippen LogP contribution in [0.4, 0.5) is 0 Å². The summed E-state index contributed by atoms with van der Waals surface area (Å²) in [5, 5.41) is 40.0. The number of rotatable bonds is 12. The van der Waals surface area contributed by atoms with E-state index in [1.807, 2.05) is 26.0 Å². The van der Waals surface area contributed by atoms with Crippen LogP contribution in [-0.4, -0.2) is 69.1 Å². The van der Waals surface area contributed by atoms with Crippen molar-refractivity contribution in [2.24, 2.45) is 17.8 Å². The largest absolute Gasteiger partial charge is 0.396 e. The summed E-state index contributed by atoms with van der Waals surface area (Å²) < 4.78 is 5.63. The predicted octanol–water partition coefficient (Wildman–Crippen LogP) is 0.233. The van der Waals surface area contributed by atoms with Crippen LogP contribution >= 0.6 is 0 Å². The minimum absolute atomic E-state index is 0.0236. The Morgan fingerprint density at radius 2 is 1.77 bits per heavy atom. The Morgan fingerprint density at radius 3 is 2.23 bits per heavy atom. The summed E-state index contributed by atoms with van der Waals surface area (Å²) in [5.41, 5.74) is -0.994. The lowest BCUT2D eigenvalue weighted by Crippen LogP contribution is -2.47. The van der Waals surface area contributed by atoms with Gasteiger partial charge in [0.2, 0.25) is 0 Å². The first kappa shape index (κ1) is 22.9. The number of aliphatic hydroxyl groups is 4. The molecule has 0 aliphatic carbocycles. The molecule has 0 bridgehead atoms. The Labute approximate surface area is 154 Å². The second-order valence-corrected chi connectivity index (χ2v) is 7.20. The highest BCUT2D eigenvalue weighted by molar-refractivity contribution is 5.86. The zero-order chi connectivity index (χ0) is 20.1. The van der Waals surface area contributed by atoms with E-state index in [4.69, 9.17) is 4.74 Å². The summed E-state index contributed by atoms with van der Waals surface area (Å²) >= 11 is 0. The maximum Gasteiger partial charge on any atom is 0.148 e. The van der Waals surface area contributed by atoms with Crippen molar-refractivity contribution in [2.75, 3.05) is 13.2 Å². The zero-order valence-electron chi connectivity index (χ0n) is 16.0. The van der Waals surface area contributed by atoms with Crippen LogP contribution < -0.4 is 0 Å². The fourth-order valence-corrected chi connectivity index (χ4v) is 3.45. The molecule has 0 amide bonds.